The van der Waals surface area contributed by atoms with Crippen LogP contribution in [0.15, 0.2) is 42.5 Å². The lowest BCUT2D eigenvalue weighted by Gasteiger charge is -2.28. The molecule has 3 rings (SSSR count). The average Bonchev–Trinajstić information content (AvgIpc) is 2.72. The van der Waals surface area contributed by atoms with E-state index in [1.54, 1.807) is 24.3 Å². The maximum Gasteiger partial charge on any atom is 0.308 e. The summed E-state index contributed by atoms with van der Waals surface area (Å²) < 4.78 is 10.3. The van der Waals surface area contributed by atoms with Gasteiger partial charge in [-0.3, -0.25) is 24.5 Å². The Morgan fingerprint density at radius 2 is 2.03 bits per heavy atom. The highest BCUT2D eigenvalue weighted by molar-refractivity contribution is 6.34. The number of nitro groups is 1. The summed E-state index contributed by atoms with van der Waals surface area (Å²) in [6.45, 7) is -0.613. The molecule has 2 amide bonds. The van der Waals surface area contributed by atoms with Crippen LogP contribution in [-0.2, 0) is 19.1 Å². The second-order valence-electron chi connectivity index (χ2n) is 6.18. The molecule has 156 valence electrons. The fraction of sp³-hybridized carbons (Fsp3) is 0.211. The first-order valence-electron chi connectivity index (χ1n) is 8.77. The van der Waals surface area contributed by atoms with Gasteiger partial charge in [-0.2, -0.15) is 0 Å². The minimum absolute atomic E-state index is 0.0200. The number of nitrogens with zero attached hydrogens (tertiary/aromatic N) is 2. The summed E-state index contributed by atoms with van der Waals surface area (Å²) in [6, 6.07) is 10.5. The van der Waals surface area contributed by atoms with Crippen molar-refractivity contribution in [3.8, 4) is 5.75 Å². The van der Waals surface area contributed by atoms with E-state index >= 15 is 0 Å². The number of halogens is 1. The molecule has 1 N–H and O–H groups in total. The lowest BCUT2D eigenvalue weighted by Crippen LogP contribution is -2.40. The Labute approximate surface area is 175 Å². The van der Waals surface area contributed by atoms with Gasteiger partial charge in [0.25, 0.3) is 17.5 Å². The molecule has 2 aromatic carbocycles. The summed E-state index contributed by atoms with van der Waals surface area (Å²) in [4.78, 5) is 47.5. The molecular formula is C19H16ClN3O7. The summed E-state index contributed by atoms with van der Waals surface area (Å²) in [7, 11) is 0. The highest BCUT2D eigenvalue weighted by Gasteiger charge is 2.25. The molecule has 10 nitrogen and oxygen atoms in total. The van der Waals surface area contributed by atoms with Crippen molar-refractivity contribution in [2.45, 2.75) is 6.42 Å². The molecule has 2 aromatic rings. The van der Waals surface area contributed by atoms with Crippen molar-refractivity contribution >= 4 is 46.4 Å². The molecule has 0 radical (unpaired) electrons. The number of benzene rings is 2. The zero-order valence-corrected chi connectivity index (χ0v) is 16.3. The van der Waals surface area contributed by atoms with Gasteiger partial charge in [0.05, 0.1) is 27.7 Å². The van der Waals surface area contributed by atoms with Gasteiger partial charge in [-0.15, -0.1) is 0 Å². The van der Waals surface area contributed by atoms with Crippen LogP contribution in [0.1, 0.15) is 6.42 Å². The molecule has 0 bridgehead atoms. The second-order valence-corrected chi connectivity index (χ2v) is 6.59. The first-order chi connectivity index (χ1) is 14.3. The number of carbonyl (C=O) groups is 3. The first-order valence-corrected chi connectivity index (χ1v) is 9.14. The normalized spacial score (nSPS) is 12.6. The third kappa shape index (κ3) is 5.03. The van der Waals surface area contributed by atoms with Gasteiger partial charge in [-0.1, -0.05) is 23.7 Å². The molecule has 0 fully saturated rings. The number of ether oxygens (including phenoxy) is 2. The molecule has 1 heterocycles. The van der Waals surface area contributed by atoms with Gasteiger partial charge in [-0.05, 0) is 18.2 Å². The maximum absolute atomic E-state index is 12.1. The van der Waals surface area contributed by atoms with Gasteiger partial charge in [0.15, 0.2) is 13.2 Å². The number of nitro benzene ring substituents is 1. The van der Waals surface area contributed by atoms with Crippen molar-refractivity contribution in [3.63, 3.8) is 0 Å². The zero-order chi connectivity index (χ0) is 21.7. The third-order valence-electron chi connectivity index (χ3n) is 4.15. The number of esters is 1. The largest absolute Gasteiger partial charge is 0.482 e. The van der Waals surface area contributed by atoms with Crippen LogP contribution in [0.2, 0.25) is 5.02 Å². The van der Waals surface area contributed by atoms with Gasteiger partial charge in [0.2, 0.25) is 0 Å². The van der Waals surface area contributed by atoms with Crippen LogP contribution in [-0.4, -0.2) is 42.5 Å². The molecule has 1 aliphatic heterocycles. The number of anilines is 2. The Kier molecular flexibility index (Phi) is 6.48. The quantitative estimate of drug-likeness (QED) is 0.403. The minimum atomic E-state index is -0.670. The molecule has 0 aliphatic carbocycles. The maximum atomic E-state index is 12.1. The van der Waals surface area contributed by atoms with Crippen molar-refractivity contribution in [2.24, 2.45) is 0 Å². The van der Waals surface area contributed by atoms with Crippen molar-refractivity contribution in [1.82, 2.24) is 0 Å². The van der Waals surface area contributed by atoms with Crippen molar-refractivity contribution in [3.05, 3.63) is 57.6 Å². The Morgan fingerprint density at radius 3 is 2.77 bits per heavy atom. The van der Waals surface area contributed by atoms with Crippen LogP contribution in [0.25, 0.3) is 0 Å². The highest BCUT2D eigenvalue weighted by Crippen LogP contribution is 2.31. The van der Waals surface area contributed by atoms with Crippen LogP contribution >= 0.6 is 11.6 Å². The number of fused-ring (bicyclic) bond motifs is 1. The SMILES string of the molecule is O=C(COC(=O)CCN1C(=O)COc2ccccc21)Nc1ccc([N+](=O)[O-])cc1Cl. The van der Waals surface area contributed by atoms with Crippen LogP contribution in [0.3, 0.4) is 0 Å². The van der Waals surface area contributed by atoms with Crippen LogP contribution in [0.4, 0.5) is 17.1 Å². The standard InChI is InChI=1S/C19H16ClN3O7/c20-13-9-12(23(27)28)5-6-14(13)21-17(24)10-30-19(26)7-8-22-15-3-1-2-4-16(15)29-11-18(22)25/h1-6,9H,7-8,10-11H2,(H,21,24). The first kappa shape index (κ1) is 21.1. The highest BCUT2D eigenvalue weighted by atomic mass is 35.5. The van der Waals surface area contributed by atoms with E-state index in [2.05, 4.69) is 5.32 Å². The summed E-state index contributed by atoms with van der Waals surface area (Å²) in [5.74, 6) is -1.07. The minimum Gasteiger partial charge on any atom is -0.482 e. The Balaban J connectivity index is 1.49. The van der Waals surface area contributed by atoms with E-state index in [1.807, 2.05) is 0 Å². The molecular weight excluding hydrogens is 418 g/mol. The fourth-order valence-corrected chi connectivity index (χ4v) is 2.95. The topological polar surface area (TPSA) is 128 Å². The molecule has 0 saturated carbocycles. The number of hydrogen-bond acceptors (Lipinski definition) is 7. The lowest BCUT2D eigenvalue weighted by molar-refractivity contribution is -0.384. The lowest BCUT2D eigenvalue weighted by atomic mass is 10.2. The van der Waals surface area contributed by atoms with Gasteiger partial charge in [-0.25, -0.2) is 0 Å². The number of carbonyl (C=O) groups excluding carboxylic acids is 3. The average molecular weight is 434 g/mol. The Morgan fingerprint density at radius 1 is 1.27 bits per heavy atom. The smallest absolute Gasteiger partial charge is 0.308 e. The predicted octanol–water partition coefficient (Wildman–Crippen LogP) is 2.55. The molecule has 0 aromatic heterocycles. The second kappa shape index (κ2) is 9.23. The number of amides is 2. The van der Waals surface area contributed by atoms with Gasteiger partial charge >= 0.3 is 5.97 Å². The Hall–Kier alpha value is -3.66. The van der Waals surface area contributed by atoms with Crippen LogP contribution < -0.4 is 15.0 Å². The van der Waals surface area contributed by atoms with E-state index < -0.39 is 23.4 Å². The number of nitrogens with one attached hydrogen (secondary N) is 1. The van der Waals surface area contributed by atoms with Crippen LogP contribution in [0.5, 0.6) is 5.75 Å². The Bertz CT molecular complexity index is 1010. The number of rotatable bonds is 7. The van der Waals surface area contributed by atoms with Gasteiger partial charge in [0.1, 0.15) is 5.75 Å². The monoisotopic (exact) mass is 433 g/mol. The zero-order valence-electron chi connectivity index (χ0n) is 15.5. The summed E-state index contributed by atoms with van der Waals surface area (Å²) in [5, 5.41) is 13.1. The molecule has 11 heteroatoms. The molecule has 30 heavy (non-hydrogen) atoms. The number of para-hydroxylation sites is 2. The van der Waals surface area contributed by atoms with Crippen LogP contribution in [0, 0.1) is 10.1 Å². The van der Waals surface area contributed by atoms with Gasteiger partial charge in [0, 0.05) is 18.7 Å². The van der Waals surface area contributed by atoms with E-state index in [1.165, 1.54) is 17.0 Å². The van der Waals surface area contributed by atoms with E-state index in [0.717, 1.165) is 6.07 Å². The molecule has 0 spiro atoms. The summed E-state index contributed by atoms with van der Waals surface area (Å²) >= 11 is 5.90. The number of non-ortho nitro benzene ring substituents is 1. The van der Waals surface area contributed by atoms with E-state index in [-0.39, 0.29) is 41.9 Å². The van der Waals surface area contributed by atoms with E-state index in [9.17, 15) is 24.5 Å². The number of hydrogen-bond donors (Lipinski definition) is 1. The predicted molar refractivity (Wildman–Crippen MR) is 107 cm³/mol. The molecule has 1 aliphatic rings. The summed E-state index contributed by atoms with van der Waals surface area (Å²) in [6.07, 6.45) is -0.119. The van der Waals surface area contributed by atoms with Crippen molar-refractivity contribution < 1.29 is 28.8 Å². The fourth-order valence-electron chi connectivity index (χ4n) is 2.73. The molecule has 0 saturated heterocycles. The van der Waals surface area contributed by atoms with Crippen molar-refractivity contribution in [1.29, 1.82) is 0 Å². The molecule has 0 atom stereocenters. The van der Waals surface area contributed by atoms with Crippen molar-refractivity contribution in [2.75, 3.05) is 30.0 Å². The van der Waals surface area contributed by atoms with E-state index in [0.29, 0.717) is 11.4 Å². The van der Waals surface area contributed by atoms with E-state index in [4.69, 9.17) is 21.1 Å². The summed E-state index contributed by atoms with van der Waals surface area (Å²) in [5.41, 5.74) is 0.495. The molecule has 0 unspecified atom stereocenters. The van der Waals surface area contributed by atoms with Gasteiger partial charge < -0.3 is 19.7 Å². The third-order valence-corrected chi connectivity index (χ3v) is 4.46.